The summed E-state index contributed by atoms with van der Waals surface area (Å²) in [7, 11) is 0. The summed E-state index contributed by atoms with van der Waals surface area (Å²) in [5.74, 6) is -1.00. The van der Waals surface area contributed by atoms with Gasteiger partial charge in [-0.05, 0) is 12.0 Å². The molecule has 2 aliphatic heterocycles. The van der Waals surface area contributed by atoms with Crippen molar-refractivity contribution in [2.45, 2.75) is 18.8 Å². The SMILES string of the molecule is C=CC(CC(=O)N1C[C@H]2COCC[C@@]2(C(=O)O)C1)c1ccccc1. The van der Waals surface area contributed by atoms with Crippen LogP contribution in [0.3, 0.4) is 0 Å². The second-order valence-corrected chi connectivity index (χ2v) is 6.71. The van der Waals surface area contributed by atoms with E-state index in [2.05, 4.69) is 6.58 Å². The third kappa shape index (κ3) is 2.96. The number of hydrogen-bond donors (Lipinski definition) is 1. The normalized spacial score (nSPS) is 27.3. The number of nitrogens with zero attached hydrogens (tertiary/aromatic N) is 1. The third-order valence-electron chi connectivity index (χ3n) is 5.39. The number of carbonyl (C=O) groups excluding carboxylic acids is 1. The maximum absolute atomic E-state index is 12.7. The minimum Gasteiger partial charge on any atom is -0.481 e. The molecule has 3 rings (SSSR count). The molecule has 0 bridgehead atoms. The smallest absolute Gasteiger partial charge is 0.311 e. The van der Waals surface area contributed by atoms with Crippen LogP contribution in [-0.2, 0) is 14.3 Å². The number of carbonyl (C=O) groups is 2. The van der Waals surface area contributed by atoms with Crippen molar-refractivity contribution in [1.82, 2.24) is 4.90 Å². The predicted octanol–water partition coefficient (Wildman–Crippen LogP) is 2.30. The average Bonchev–Trinajstić information content (AvgIpc) is 3.01. The van der Waals surface area contributed by atoms with Gasteiger partial charge in [-0.15, -0.1) is 6.58 Å². The van der Waals surface area contributed by atoms with E-state index >= 15 is 0 Å². The first-order chi connectivity index (χ1) is 11.6. The van der Waals surface area contributed by atoms with Crippen molar-refractivity contribution in [2.24, 2.45) is 11.3 Å². The summed E-state index contributed by atoms with van der Waals surface area (Å²) in [5.41, 5.74) is 0.207. The first-order valence-corrected chi connectivity index (χ1v) is 8.33. The second-order valence-electron chi connectivity index (χ2n) is 6.71. The molecular formula is C19H23NO4. The van der Waals surface area contributed by atoms with Crippen LogP contribution in [0.2, 0.25) is 0 Å². The summed E-state index contributed by atoms with van der Waals surface area (Å²) in [6.45, 7) is 5.46. The number of carboxylic acid groups (broad SMARTS) is 1. The van der Waals surface area contributed by atoms with Crippen LogP contribution in [0.4, 0.5) is 0 Å². The standard InChI is InChI=1S/C19H23NO4/c1-2-14(15-6-4-3-5-7-15)10-17(21)20-11-16-12-24-9-8-19(16,13-20)18(22)23/h2-7,14,16H,1,8-13H2,(H,22,23)/t14?,16-,19+/m0/s1. The third-order valence-corrected chi connectivity index (χ3v) is 5.39. The fourth-order valence-electron chi connectivity index (χ4n) is 3.84. The second kappa shape index (κ2) is 6.77. The number of likely N-dealkylation sites (tertiary alicyclic amines) is 1. The van der Waals surface area contributed by atoms with E-state index in [4.69, 9.17) is 4.74 Å². The van der Waals surface area contributed by atoms with Crippen molar-refractivity contribution in [1.29, 1.82) is 0 Å². The summed E-state index contributed by atoms with van der Waals surface area (Å²) in [6, 6.07) is 9.79. The monoisotopic (exact) mass is 329 g/mol. The van der Waals surface area contributed by atoms with Gasteiger partial charge < -0.3 is 14.7 Å². The Morgan fingerprint density at radius 3 is 2.79 bits per heavy atom. The molecule has 0 aliphatic carbocycles. The van der Waals surface area contributed by atoms with Crippen molar-refractivity contribution in [3.05, 3.63) is 48.6 Å². The molecule has 1 N–H and O–H groups in total. The lowest BCUT2D eigenvalue weighted by atomic mass is 9.74. The van der Waals surface area contributed by atoms with Gasteiger partial charge in [-0.1, -0.05) is 36.4 Å². The maximum atomic E-state index is 12.7. The number of aliphatic carboxylic acids is 1. The molecule has 1 amide bonds. The average molecular weight is 329 g/mol. The van der Waals surface area contributed by atoms with Crippen LogP contribution in [0.1, 0.15) is 24.3 Å². The molecule has 24 heavy (non-hydrogen) atoms. The van der Waals surface area contributed by atoms with Crippen LogP contribution in [0.15, 0.2) is 43.0 Å². The molecule has 0 spiro atoms. The summed E-state index contributed by atoms with van der Waals surface area (Å²) in [4.78, 5) is 26.3. The highest BCUT2D eigenvalue weighted by Gasteiger charge is 2.54. The number of ether oxygens (including phenoxy) is 1. The highest BCUT2D eigenvalue weighted by molar-refractivity contribution is 5.82. The van der Waals surface area contributed by atoms with E-state index in [1.807, 2.05) is 30.3 Å². The number of carboxylic acids is 1. The van der Waals surface area contributed by atoms with E-state index in [0.717, 1.165) is 5.56 Å². The highest BCUT2D eigenvalue weighted by atomic mass is 16.5. The van der Waals surface area contributed by atoms with E-state index in [9.17, 15) is 14.7 Å². The van der Waals surface area contributed by atoms with Crippen molar-refractivity contribution in [3.63, 3.8) is 0 Å². The maximum Gasteiger partial charge on any atom is 0.311 e. The molecule has 0 radical (unpaired) electrons. The minimum atomic E-state index is -0.843. The minimum absolute atomic E-state index is 0.0150. The molecular weight excluding hydrogens is 306 g/mol. The van der Waals surface area contributed by atoms with E-state index in [0.29, 0.717) is 32.6 Å². The molecule has 0 saturated carbocycles. The van der Waals surface area contributed by atoms with Crippen LogP contribution in [0, 0.1) is 11.3 Å². The van der Waals surface area contributed by atoms with E-state index in [1.165, 1.54) is 0 Å². The van der Waals surface area contributed by atoms with Gasteiger partial charge >= 0.3 is 5.97 Å². The number of rotatable bonds is 5. The fraction of sp³-hybridized carbons (Fsp3) is 0.474. The van der Waals surface area contributed by atoms with Gasteiger partial charge in [-0.2, -0.15) is 0 Å². The molecule has 1 unspecified atom stereocenters. The van der Waals surface area contributed by atoms with Crippen molar-refractivity contribution >= 4 is 11.9 Å². The van der Waals surface area contributed by atoms with Crippen LogP contribution in [-0.4, -0.2) is 48.2 Å². The lowest BCUT2D eigenvalue weighted by molar-refractivity contribution is -0.157. The Labute approximate surface area is 141 Å². The molecule has 5 nitrogen and oxygen atoms in total. The van der Waals surface area contributed by atoms with Crippen LogP contribution in [0.5, 0.6) is 0 Å². The van der Waals surface area contributed by atoms with Gasteiger partial charge in [0.1, 0.15) is 0 Å². The van der Waals surface area contributed by atoms with Gasteiger partial charge in [0.15, 0.2) is 0 Å². The Kier molecular flexibility index (Phi) is 4.71. The van der Waals surface area contributed by atoms with E-state index in [-0.39, 0.29) is 24.3 Å². The number of hydrogen-bond acceptors (Lipinski definition) is 3. The first-order valence-electron chi connectivity index (χ1n) is 8.33. The highest BCUT2D eigenvalue weighted by Crippen LogP contribution is 2.43. The van der Waals surface area contributed by atoms with Gasteiger partial charge in [0.2, 0.25) is 5.91 Å². The van der Waals surface area contributed by atoms with Crippen molar-refractivity contribution in [3.8, 4) is 0 Å². The largest absolute Gasteiger partial charge is 0.481 e. The summed E-state index contributed by atoms with van der Waals surface area (Å²) in [6.07, 6.45) is 2.57. The zero-order chi connectivity index (χ0) is 17.2. The van der Waals surface area contributed by atoms with Gasteiger partial charge in [0.05, 0.1) is 12.0 Å². The Morgan fingerprint density at radius 1 is 1.42 bits per heavy atom. The van der Waals surface area contributed by atoms with Gasteiger partial charge in [0.25, 0.3) is 0 Å². The Balaban J connectivity index is 1.72. The molecule has 0 aromatic heterocycles. The number of allylic oxidation sites excluding steroid dienone is 1. The Hall–Kier alpha value is -2.14. The molecule has 5 heteroatoms. The number of amides is 1. The van der Waals surface area contributed by atoms with E-state index < -0.39 is 11.4 Å². The van der Waals surface area contributed by atoms with Gasteiger partial charge in [-0.25, -0.2) is 0 Å². The number of fused-ring (bicyclic) bond motifs is 1. The molecule has 2 aliphatic rings. The fourth-order valence-corrected chi connectivity index (χ4v) is 3.84. The molecule has 2 heterocycles. The van der Waals surface area contributed by atoms with E-state index in [1.54, 1.807) is 11.0 Å². The molecule has 128 valence electrons. The molecule has 1 aromatic rings. The topological polar surface area (TPSA) is 66.8 Å². The van der Waals surface area contributed by atoms with Crippen LogP contribution < -0.4 is 0 Å². The molecule has 2 saturated heterocycles. The lowest BCUT2D eigenvalue weighted by Crippen LogP contribution is -2.45. The number of benzene rings is 1. The lowest BCUT2D eigenvalue weighted by Gasteiger charge is -2.33. The Morgan fingerprint density at radius 2 is 2.17 bits per heavy atom. The van der Waals surface area contributed by atoms with Crippen LogP contribution in [0.25, 0.3) is 0 Å². The summed E-state index contributed by atoms with van der Waals surface area (Å²) >= 11 is 0. The predicted molar refractivity (Wildman–Crippen MR) is 89.6 cm³/mol. The molecule has 3 atom stereocenters. The first kappa shape index (κ1) is 16.7. The Bertz CT molecular complexity index is 630. The zero-order valence-corrected chi connectivity index (χ0v) is 13.7. The zero-order valence-electron chi connectivity index (χ0n) is 13.7. The van der Waals surface area contributed by atoms with Gasteiger partial charge in [0, 0.05) is 38.0 Å². The summed E-state index contributed by atoms with van der Waals surface area (Å²) in [5, 5.41) is 9.70. The molecule has 1 aromatic carbocycles. The quantitative estimate of drug-likeness (QED) is 0.842. The molecule has 2 fully saturated rings. The van der Waals surface area contributed by atoms with Gasteiger partial charge in [-0.3, -0.25) is 9.59 Å². The van der Waals surface area contributed by atoms with Crippen molar-refractivity contribution < 1.29 is 19.4 Å². The van der Waals surface area contributed by atoms with Crippen molar-refractivity contribution in [2.75, 3.05) is 26.3 Å². The summed E-state index contributed by atoms with van der Waals surface area (Å²) < 4.78 is 5.44. The van der Waals surface area contributed by atoms with Crippen LogP contribution >= 0.6 is 0 Å².